The van der Waals surface area contributed by atoms with E-state index in [0.29, 0.717) is 10.9 Å². The van der Waals surface area contributed by atoms with Gasteiger partial charge in [-0.1, -0.05) is 24.6 Å². The Labute approximate surface area is 101 Å². The topological polar surface area (TPSA) is 29.1 Å². The van der Waals surface area contributed by atoms with Gasteiger partial charge >= 0.3 is 0 Å². The van der Waals surface area contributed by atoms with Crippen molar-refractivity contribution in [1.29, 1.82) is 0 Å². The van der Waals surface area contributed by atoms with Crippen molar-refractivity contribution < 1.29 is 4.79 Å². The van der Waals surface area contributed by atoms with E-state index in [4.69, 9.17) is 11.6 Å². The van der Waals surface area contributed by atoms with Crippen LogP contribution in [0.3, 0.4) is 0 Å². The van der Waals surface area contributed by atoms with Gasteiger partial charge in [0.05, 0.1) is 0 Å². The highest BCUT2D eigenvalue weighted by Gasteiger charge is 2.32. The summed E-state index contributed by atoms with van der Waals surface area (Å²) < 4.78 is 0. The number of hydrogen-bond donors (Lipinski definition) is 1. The molecular formula is C13H16ClNO. The lowest BCUT2D eigenvalue weighted by molar-refractivity contribution is -0.119. The molecule has 0 aliphatic heterocycles. The zero-order valence-corrected chi connectivity index (χ0v) is 10.3. The highest BCUT2D eigenvalue weighted by atomic mass is 35.5. The van der Waals surface area contributed by atoms with Crippen molar-refractivity contribution in [3.8, 4) is 0 Å². The Morgan fingerprint density at radius 1 is 1.50 bits per heavy atom. The van der Waals surface area contributed by atoms with Gasteiger partial charge in [0.25, 0.3) is 0 Å². The Kier molecular flexibility index (Phi) is 3.20. The first-order valence-electron chi connectivity index (χ1n) is 5.65. The zero-order chi connectivity index (χ0) is 11.7. The molecule has 0 bridgehead atoms. The third-order valence-electron chi connectivity index (χ3n) is 3.20. The van der Waals surface area contributed by atoms with Gasteiger partial charge in [-0.25, -0.2) is 0 Å². The Morgan fingerprint density at radius 3 is 2.81 bits per heavy atom. The molecule has 0 radical (unpaired) electrons. The number of nitrogens with one attached hydrogen (secondary N) is 1. The van der Waals surface area contributed by atoms with Crippen molar-refractivity contribution in [2.45, 2.75) is 26.7 Å². The Balaban J connectivity index is 2.07. The number of carbonyl (C=O) groups excluding carboxylic acids is 1. The number of anilines is 1. The monoisotopic (exact) mass is 237 g/mol. The molecule has 0 heterocycles. The normalized spacial score (nSPS) is 16.9. The maximum absolute atomic E-state index is 11.9. The summed E-state index contributed by atoms with van der Waals surface area (Å²) in [6.45, 7) is 3.96. The predicted octanol–water partition coefficient (Wildman–Crippen LogP) is 3.63. The van der Waals surface area contributed by atoms with Crippen LogP contribution >= 0.6 is 11.6 Å². The minimum atomic E-state index is 0.105. The van der Waals surface area contributed by atoms with E-state index in [2.05, 4.69) is 5.32 Å². The molecule has 1 aromatic carbocycles. The second-order valence-corrected chi connectivity index (χ2v) is 5.01. The van der Waals surface area contributed by atoms with Crippen LogP contribution in [-0.2, 0) is 4.79 Å². The largest absolute Gasteiger partial charge is 0.326 e. The summed E-state index contributed by atoms with van der Waals surface area (Å²) in [4.78, 5) is 11.9. The number of benzene rings is 1. The van der Waals surface area contributed by atoms with Crippen LogP contribution in [0.4, 0.5) is 5.69 Å². The highest BCUT2D eigenvalue weighted by molar-refractivity contribution is 6.31. The highest BCUT2D eigenvalue weighted by Crippen LogP contribution is 2.37. The molecule has 86 valence electrons. The first kappa shape index (κ1) is 11.5. The van der Waals surface area contributed by atoms with Crippen molar-refractivity contribution in [2.24, 2.45) is 11.8 Å². The van der Waals surface area contributed by atoms with Crippen LogP contribution in [0.2, 0.25) is 5.02 Å². The lowest BCUT2D eigenvalue weighted by atomic mass is 10.1. The number of amides is 1. The van der Waals surface area contributed by atoms with Crippen molar-refractivity contribution in [3.63, 3.8) is 0 Å². The molecule has 2 rings (SSSR count). The van der Waals surface area contributed by atoms with E-state index >= 15 is 0 Å². The molecule has 2 nitrogen and oxygen atoms in total. The van der Waals surface area contributed by atoms with Crippen molar-refractivity contribution >= 4 is 23.2 Å². The number of rotatable bonds is 3. The van der Waals surface area contributed by atoms with Gasteiger partial charge in [-0.2, -0.15) is 0 Å². The molecule has 0 aromatic heterocycles. The molecule has 1 aliphatic rings. The second-order valence-electron chi connectivity index (χ2n) is 4.57. The molecule has 1 fully saturated rings. The van der Waals surface area contributed by atoms with Gasteiger partial charge in [-0.05, 0) is 43.4 Å². The molecule has 1 saturated carbocycles. The maximum atomic E-state index is 11.9. The molecule has 0 spiro atoms. The van der Waals surface area contributed by atoms with Crippen molar-refractivity contribution in [3.05, 3.63) is 28.8 Å². The summed E-state index contributed by atoms with van der Waals surface area (Å²) in [5.41, 5.74) is 1.87. The van der Waals surface area contributed by atoms with E-state index in [-0.39, 0.29) is 11.8 Å². The van der Waals surface area contributed by atoms with Crippen molar-refractivity contribution in [1.82, 2.24) is 0 Å². The van der Waals surface area contributed by atoms with Crippen LogP contribution in [0.5, 0.6) is 0 Å². The molecule has 1 aromatic rings. The fourth-order valence-corrected chi connectivity index (χ4v) is 1.96. The van der Waals surface area contributed by atoms with Gasteiger partial charge in [0, 0.05) is 16.6 Å². The van der Waals surface area contributed by atoms with Gasteiger partial charge in [0.15, 0.2) is 0 Å². The fourth-order valence-electron chi connectivity index (χ4n) is 1.79. The van der Waals surface area contributed by atoms with E-state index in [1.807, 2.05) is 26.0 Å². The number of carbonyl (C=O) groups is 1. The van der Waals surface area contributed by atoms with E-state index < -0.39 is 0 Å². The Morgan fingerprint density at radius 2 is 2.19 bits per heavy atom. The fraction of sp³-hybridized carbons (Fsp3) is 0.462. The van der Waals surface area contributed by atoms with E-state index in [0.717, 1.165) is 11.3 Å². The summed E-state index contributed by atoms with van der Waals surface area (Å²) in [5, 5.41) is 3.60. The first-order chi connectivity index (χ1) is 7.58. The molecule has 1 unspecified atom stereocenters. The van der Waals surface area contributed by atoms with Gasteiger partial charge in [0.1, 0.15) is 0 Å². The quantitative estimate of drug-likeness (QED) is 0.855. The van der Waals surface area contributed by atoms with Gasteiger partial charge in [-0.15, -0.1) is 0 Å². The second kappa shape index (κ2) is 4.46. The molecule has 1 amide bonds. The predicted molar refractivity (Wildman–Crippen MR) is 66.7 cm³/mol. The lowest BCUT2D eigenvalue weighted by Crippen LogP contribution is -2.22. The van der Waals surface area contributed by atoms with Gasteiger partial charge in [-0.3, -0.25) is 4.79 Å². The maximum Gasteiger partial charge on any atom is 0.227 e. The van der Waals surface area contributed by atoms with E-state index in [9.17, 15) is 4.79 Å². The average molecular weight is 238 g/mol. The zero-order valence-electron chi connectivity index (χ0n) is 9.59. The minimum absolute atomic E-state index is 0.105. The summed E-state index contributed by atoms with van der Waals surface area (Å²) >= 11 is 5.90. The molecular weight excluding hydrogens is 222 g/mol. The number of halogens is 1. The van der Waals surface area contributed by atoms with E-state index in [1.165, 1.54) is 12.8 Å². The summed E-state index contributed by atoms with van der Waals surface area (Å²) in [7, 11) is 0. The molecule has 1 aliphatic carbocycles. The third kappa shape index (κ3) is 2.56. The van der Waals surface area contributed by atoms with Crippen LogP contribution in [0.15, 0.2) is 18.2 Å². The molecule has 1 atom stereocenters. The smallest absolute Gasteiger partial charge is 0.227 e. The summed E-state index contributed by atoms with van der Waals surface area (Å²) in [6.07, 6.45) is 2.37. The van der Waals surface area contributed by atoms with E-state index in [1.54, 1.807) is 6.07 Å². The molecule has 0 saturated heterocycles. The van der Waals surface area contributed by atoms with Crippen molar-refractivity contribution in [2.75, 3.05) is 5.32 Å². The molecule has 1 N–H and O–H groups in total. The third-order valence-corrected chi connectivity index (χ3v) is 3.44. The minimum Gasteiger partial charge on any atom is -0.326 e. The number of aryl methyl sites for hydroxylation is 1. The Hall–Kier alpha value is -1.02. The van der Waals surface area contributed by atoms with Crippen LogP contribution in [-0.4, -0.2) is 5.91 Å². The van der Waals surface area contributed by atoms with Crippen LogP contribution in [0.25, 0.3) is 0 Å². The SMILES string of the molecule is Cc1ccc(Cl)cc1NC(=O)C(C)C1CC1. The first-order valence-corrected chi connectivity index (χ1v) is 6.02. The summed E-state index contributed by atoms with van der Waals surface area (Å²) in [6, 6.07) is 5.55. The number of hydrogen-bond acceptors (Lipinski definition) is 1. The van der Waals surface area contributed by atoms with Gasteiger partial charge < -0.3 is 5.32 Å². The van der Waals surface area contributed by atoms with Crippen LogP contribution < -0.4 is 5.32 Å². The molecule has 16 heavy (non-hydrogen) atoms. The molecule has 3 heteroatoms. The standard InChI is InChI=1S/C13H16ClNO/c1-8-3-6-11(14)7-12(8)15-13(16)9(2)10-4-5-10/h3,6-7,9-10H,4-5H2,1-2H3,(H,15,16). The van der Waals surface area contributed by atoms with Crippen LogP contribution in [0, 0.1) is 18.8 Å². The Bertz CT molecular complexity index is 412. The van der Waals surface area contributed by atoms with Crippen LogP contribution in [0.1, 0.15) is 25.3 Å². The lowest BCUT2D eigenvalue weighted by Gasteiger charge is -2.13. The van der Waals surface area contributed by atoms with Gasteiger partial charge in [0.2, 0.25) is 5.91 Å². The average Bonchev–Trinajstić information content (AvgIpc) is 3.06. The summed E-state index contributed by atoms with van der Waals surface area (Å²) in [5.74, 6) is 0.797.